The number of benzene rings is 1. The third kappa shape index (κ3) is 2.41. The second kappa shape index (κ2) is 4.92. The average molecular weight is 255 g/mol. The molecular formula is C16H17NO2. The first-order chi connectivity index (χ1) is 9.29. The molecule has 0 aliphatic heterocycles. The average Bonchev–Trinajstić information content (AvgIpc) is 3.16. The predicted molar refractivity (Wildman–Crippen MR) is 74.2 cm³/mol. The molecule has 3 nitrogen and oxygen atoms in total. The van der Waals surface area contributed by atoms with Crippen molar-refractivity contribution in [2.45, 2.75) is 25.7 Å². The largest absolute Gasteiger partial charge is 0.461 e. The summed E-state index contributed by atoms with van der Waals surface area (Å²) in [5, 5.41) is 0. The Morgan fingerprint density at radius 2 is 2.00 bits per heavy atom. The summed E-state index contributed by atoms with van der Waals surface area (Å²) in [5.74, 6) is 0.457. The van der Waals surface area contributed by atoms with E-state index < -0.39 is 0 Å². The Kier molecular flexibility index (Phi) is 3.11. The Morgan fingerprint density at radius 3 is 2.63 bits per heavy atom. The molecule has 0 unspecified atom stereocenters. The van der Waals surface area contributed by atoms with E-state index in [-0.39, 0.29) is 5.97 Å². The van der Waals surface area contributed by atoms with Crippen LogP contribution >= 0.6 is 0 Å². The Hall–Kier alpha value is -2.03. The number of hydrogen-bond donors (Lipinski definition) is 1. The van der Waals surface area contributed by atoms with Crippen LogP contribution in [0, 0.1) is 0 Å². The second-order valence-corrected chi connectivity index (χ2v) is 4.88. The van der Waals surface area contributed by atoms with Crippen molar-refractivity contribution in [3.8, 4) is 11.1 Å². The zero-order chi connectivity index (χ0) is 13.2. The highest BCUT2D eigenvalue weighted by atomic mass is 16.5. The third-order valence-electron chi connectivity index (χ3n) is 3.50. The maximum absolute atomic E-state index is 11.8. The molecule has 1 heterocycles. The molecule has 1 aromatic heterocycles. The lowest BCUT2D eigenvalue weighted by atomic mass is 10.0. The summed E-state index contributed by atoms with van der Waals surface area (Å²) in [5.41, 5.74) is 3.88. The smallest absolute Gasteiger partial charge is 0.355 e. The number of esters is 1. The molecule has 0 saturated heterocycles. The molecule has 1 fully saturated rings. The quantitative estimate of drug-likeness (QED) is 0.846. The standard InChI is InChI=1S/C16H17NO2/c1-2-19-16(18)15-14(9-10-17-15)13-7-5-12(6-8-13)11-3-4-11/h5-11,17H,2-4H2,1H3. The van der Waals surface area contributed by atoms with Crippen LogP contribution in [0.15, 0.2) is 36.5 Å². The minimum atomic E-state index is -0.297. The van der Waals surface area contributed by atoms with Crippen molar-refractivity contribution in [1.29, 1.82) is 0 Å². The van der Waals surface area contributed by atoms with Gasteiger partial charge in [0, 0.05) is 11.8 Å². The van der Waals surface area contributed by atoms with Gasteiger partial charge in [0.15, 0.2) is 0 Å². The number of carbonyl (C=O) groups excluding carboxylic acids is 1. The minimum absolute atomic E-state index is 0.297. The lowest BCUT2D eigenvalue weighted by Crippen LogP contribution is -2.06. The number of rotatable bonds is 4. The summed E-state index contributed by atoms with van der Waals surface area (Å²) in [6.45, 7) is 2.20. The zero-order valence-corrected chi connectivity index (χ0v) is 11.0. The molecule has 3 rings (SSSR count). The van der Waals surface area contributed by atoms with Crippen molar-refractivity contribution in [2.24, 2.45) is 0 Å². The predicted octanol–water partition coefficient (Wildman–Crippen LogP) is 3.74. The fourth-order valence-corrected chi connectivity index (χ4v) is 2.33. The molecule has 1 aliphatic carbocycles. The van der Waals surface area contributed by atoms with Gasteiger partial charge >= 0.3 is 5.97 Å². The van der Waals surface area contributed by atoms with Crippen molar-refractivity contribution in [1.82, 2.24) is 4.98 Å². The van der Waals surface area contributed by atoms with E-state index in [4.69, 9.17) is 4.74 Å². The van der Waals surface area contributed by atoms with Gasteiger partial charge in [0.25, 0.3) is 0 Å². The summed E-state index contributed by atoms with van der Waals surface area (Å²) < 4.78 is 5.05. The molecule has 3 heteroatoms. The van der Waals surface area contributed by atoms with E-state index in [1.54, 1.807) is 6.20 Å². The van der Waals surface area contributed by atoms with Gasteiger partial charge in [-0.1, -0.05) is 24.3 Å². The Morgan fingerprint density at radius 1 is 1.26 bits per heavy atom. The van der Waals surface area contributed by atoms with Crippen LogP contribution in [-0.2, 0) is 4.74 Å². The van der Waals surface area contributed by atoms with E-state index in [1.807, 2.05) is 13.0 Å². The van der Waals surface area contributed by atoms with Crippen LogP contribution in [0.1, 0.15) is 41.7 Å². The summed E-state index contributed by atoms with van der Waals surface area (Å²) in [4.78, 5) is 14.8. The van der Waals surface area contributed by atoms with E-state index in [0.29, 0.717) is 12.3 Å². The topological polar surface area (TPSA) is 42.1 Å². The van der Waals surface area contributed by atoms with Crippen LogP contribution in [0.2, 0.25) is 0 Å². The van der Waals surface area contributed by atoms with Gasteiger partial charge in [-0.25, -0.2) is 4.79 Å². The van der Waals surface area contributed by atoms with E-state index >= 15 is 0 Å². The van der Waals surface area contributed by atoms with Crippen molar-refractivity contribution in [2.75, 3.05) is 6.61 Å². The summed E-state index contributed by atoms with van der Waals surface area (Å²) in [6.07, 6.45) is 4.38. The summed E-state index contributed by atoms with van der Waals surface area (Å²) in [6, 6.07) is 10.4. The number of ether oxygens (including phenoxy) is 1. The van der Waals surface area contributed by atoms with Crippen LogP contribution < -0.4 is 0 Å². The van der Waals surface area contributed by atoms with Crippen molar-refractivity contribution in [3.63, 3.8) is 0 Å². The number of H-pyrrole nitrogens is 1. The normalized spacial score (nSPS) is 14.4. The first kappa shape index (κ1) is 12.0. The lowest BCUT2D eigenvalue weighted by molar-refractivity contribution is 0.0521. The first-order valence-electron chi connectivity index (χ1n) is 6.74. The lowest BCUT2D eigenvalue weighted by Gasteiger charge is -2.05. The summed E-state index contributed by atoms with van der Waals surface area (Å²) in [7, 11) is 0. The molecule has 1 aliphatic rings. The maximum Gasteiger partial charge on any atom is 0.355 e. The highest BCUT2D eigenvalue weighted by Crippen LogP contribution is 2.40. The number of nitrogens with one attached hydrogen (secondary N) is 1. The first-order valence-corrected chi connectivity index (χ1v) is 6.74. The number of aromatic nitrogens is 1. The summed E-state index contributed by atoms with van der Waals surface area (Å²) >= 11 is 0. The van der Waals surface area contributed by atoms with Gasteiger partial charge in [-0.15, -0.1) is 0 Å². The molecule has 0 radical (unpaired) electrons. The second-order valence-electron chi connectivity index (χ2n) is 4.88. The van der Waals surface area contributed by atoms with Crippen LogP contribution in [0.4, 0.5) is 0 Å². The molecule has 0 atom stereocenters. The zero-order valence-electron chi connectivity index (χ0n) is 11.0. The maximum atomic E-state index is 11.8. The SMILES string of the molecule is CCOC(=O)c1[nH]ccc1-c1ccc(C2CC2)cc1. The van der Waals surface area contributed by atoms with Crippen molar-refractivity contribution in [3.05, 3.63) is 47.8 Å². The molecule has 1 N–H and O–H groups in total. The highest BCUT2D eigenvalue weighted by Gasteiger charge is 2.23. The van der Waals surface area contributed by atoms with Crippen LogP contribution in [0.5, 0.6) is 0 Å². The van der Waals surface area contributed by atoms with Gasteiger partial charge in [-0.05, 0) is 42.9 Å². The van der Waals surface area contributed by atoms with Gasteiger partial charge in [0.2, 0.25) is 0 Å². The molecule has 0 amide bonds. The number of carbonyl (C=O) groups is 1. The Balaban J connectivity index is 1.88. The molecule has 1 saturated carbocycles. The molecule has 98 valence electrons. The monoisotopic (exact) mass is 255 g/mol. The van der Waals surface area contributed by atoms with E-state index in [1.165, 1.54) is 18.4 Å². The van der Waals surface area contributed by atoms with Gasteiger partial charge in [0.1, 0.15) is 5.69 Å². The molecule has 2 aromatic rings. The fourth-order valence-electron chi connectivity index (χ4n) is 2.33. The van der Waals surface area contributed by atoms with Gasteiger partial charge in [-0.2, -0.15) is 0 Å². The van der Waals surface area contributed by atoms with Crippen LogP contribution in [0.3, 0.4) is 0 Å². The van der Waals surface area contributed by atoms with Gasteiger partial charge in [0.05, 0.1) is 6.61 Å². The molecule has 1 aromatic carbocycles. The van der Waals surface area contributed by atoms with Gasteiger partial charge in [-0.3, -0.25) is 0 Å². The molecule has 19 heavy (non-hydrogen) atoms. The molecule has 0 spiro atoms. The number of hydrogen-bond acceptors (Lipinski definition) is 2. The van der Waals surface area contributed by atoms with Crippen LogP contribution in [-0.4, -0.2) is 17.6 Å². The minimum Gasteiger partial charge on any atom is -0.461 e. The third-order valence-corrected chi connectivity index (χ3v) is 3.50. The Bertz CT molecular complexity index is 579. The fraction of sp³-hybridized carbons (Fsp3) is 0.312. The highest BCUT2D eigenvalue weighted by molar-refractivity contribution is 5.95. The van der Waals surface area contributed by atoms with E-state index in [2.05, 4.69) is 29.2 Å². The Labute approximate surface area is 112 Å². The van der Waals surface area contributed by atoms with Crippen molar-refractivity contribution < 1.29 is 9.53 Å². The molecule has 0 bridgehead atoms. The number of aromatic amines is 1. The van der Waals surface area contributed by atoms with Crippen LogP contribution in [0.25, 0.3) is 11.1 Å². The van der Waals surface area contributed by atoms with Gasteiger partial charge < -0.3 is 9.72 Å². The molecular weight excluding hydrogens is 238 g/mol. The van der Waals surface area contributed by atoms with E-state index in [0.717, 1.165) is 17.0 Å². The van der Waals surface area contributed by atoms with Crippen molar-refractivity contribution >= 4 is 5.97 Å². The van der Waals surface area contributed by atoms with E-state index in [9.17, 15) is 4.79 Å².